The van der Waals surface area contributed by atoms with Crippen molar-refractivity contribution in [3.63, 3.8) is 0 Å². The molecule has 0 spiro atoms. The SMILES string of the molecule is CC(C)Cc1noc(-c2cc(N)cc(C(F)(F)F)c2)n1. The number of aromatic nitrogens is 2. The summed E-state index contributed by atoms with van der Waals surface area (Å²) in [6.45, 7) is 3.97. The first-order valence-electron chi connectivity index (χ1n) is 6.06. The summed E-state index contributed by atoms with van der Waals surface area (Å²) in [5.74, 6) is 0.830. The number of anilines is 1. The van der Waals surface area contributed by atoms with Gasteiger partial charge in [-0.25, -0.2) is 0 Å². The molecule has 0 aliphatic heterocycles. The average molecular weight is 285 g/mol. The maximum Gasteiger partial charge on any atom is 0.416 e. The molecule has 4 nitrogen and oxygen atoms in total. The highest BCUT2D eigenvalue weighted by atomic mass is 19.4. The standard InChI is InChI=1S/C13H14F3N3O/c1-7(2)3-11-18-12(20-19-11)8-4-9(13(14,15)16)6-10(17)5-8/h4-7H,3,17H2,1-2H3. The van der Waals surface area contributed by atoms with Gasteiger partial charge in [0.1, 0.15) is 0 Å². The van der Waals surface area contributed by atoms with Gasteiger partial charge >= 0.3 is 6.18 Å². The average Bonchev–Trinajstić information content (AvgIpc) is 2.74. The second kappa shape index (κ2) is 5.15. The van der Waals surface area contributed by atoms with Crippen molar-refractivity contribution < 1.29 is 17.7 Å². The van der Waals surface area contributed by atoms with E-state index >= 15 is 0 Å². The fraction of sp³-hybridized carbons (Fsp3) is 0.385. The molecule has 0 saturated carbocycles. The quantitative estimate of drug-likeness (QED) is 0.876. The summed E-state index contributed by atoms with van der Waals surface area (Å²) in [6.07, 6.45) is -3.87. The molecule has 0 unspecified atom stereocenters. The highest BCUT2D eigenvalue weighted by molar-refractivity contribution is 5.62. The van der Waals surface area contributed by atoms with Crippen molar-refractivity contribution in [3.05, 3.63) is 29.6 Å². The molecule has 2 N–H and O–H groups in total. The van der Waals surface area contributed by atoms with Gasteiger partial charge < -0.3 is 10.3 Å². The molecular weight excluding hydrogens is 271 g/mol. The monoisotopic (exact) mass is 285 g/mol. The van der Waals surface area contributed by atoms with Crippen molar-refractivity contribution in [1.29, 1.82) is 0 Å². The molecule has 0 bridgehead atoms. The van der Waals surface area contributed by atoms with Gasteiger partial charge in [0.05, 0.1) is 5.56 Å². The fourth-order valence-electron chi connectivity index (χ4n) is 1.76. The predicted octanol–water partition coefficient (Wildman–Crippen LogP) is 3.54. The lowest BCUT2D eigenvalue weighted by Gasteiger charge is -2.08. The van der Waals surface area contributed by atoms with E-state index in [0.29, 0.717) is 18.2 Å². The van der Waals surface area contributed by atoms with E-state index in [2.05, 4.69) is 10.1 Å². The lowest BCUT2D eigenvalue weighted by atomic mass is 10.1. The molecule has 0 aliphatic carbocycles. The fourth-order valence-corrected chi connectivity index (χ4v) is 1.76. The van der Waals surface area contributed by atoms with Crippen LogP contribution in [-0.4, -0.2) is 10.1 Å². The van der Waals surface area contributed by atoms with Gasteiger partial charge in [-0.05, 0) is 24.1 Å². The maximum atomic E-state index is 12.7. The minimum Gasteiger partial charge on any atom is -0.399 e. The normalized spacial score (nSPS) is 12.1. The molecule has 0 radical (unpaired) electrons. The van der Waals surface area contributed by atoms with Crippen LogP contribution in [0.15, 0.2) is 22.7 Å². The zero-order valence-corrected chi connectivity index (χ0v) is 11.0. The summed E-state index contributed by atoms with van der Waals surface area (Å²) >= 11 is 0. The van der Waals surface area contributed by atoms with Crippen LogP contribution >= 0.6 is 0 Å². The lowest BCUT2D eigenvalue weighted by molar-refractivity contribution is -0.137. The Morgan fingerprint density at radius 1 is 1.25 bits per heavy atom. The third-order valence-corrected chi connectivity index (χ3v) is 2.59. The first kappa shape index (κ1) is 14.4. The van der Waals surface area contributed by atoms with E-state index in [4.69, 9.17) is 10.3 Å². The Bertz CT molecular complexity index is 605. The number of nitrogens with two attached hydrogens (primary N) is 1. The molecule has 20 heavy (non-hydrogen) atoms. The van der Waals surface area contributed by atoms with Crippen LogP contribution in [-0.2, 0) is 12.6 Å². The second-order valence-corrected chi connectivity index (χ2v) is 4.96. The summed E-state index contributed by atoms with van der Waals surface area (Å²) in [5.41, 5.74) is 4.82. The number of rotatable bonds is 3. The zero-order valence-electron chi connectivity index (χ0n) is 11.0. The van der Waals surface area contributed by atoms with E-state index in [9.17, 15) is 13.2 Å². The Morgan fingerprint density at radius 2 is 1.95 bits per heavy atom. The number of halogens is 3. The molecule has 1 aromatic carbocycles. The summed E-state index contributed by atoms with van der Waals surface area (Å²) in [7, 11) is 0. The summed E-state index contributed by atoms with van der Waals surface area (Å²) in [6, 6.07) is 3.19. The topological polar surface area (TPSA) is 64.9 Å². The number of nitrogen functional groups attached to an aromatic ring is 1. The Kier molecular flexibility index (Phi) is 3.69. The van der Waals surface area contributed by atoms with E-state index in [1.807, 2.05) is 13.8 Å². The van der Waals surface area contributed by atoms with Crippen LogP contribution in [0.25, 0.3) is 11.5 Å². The largest absolute Gasteiger partial charge is 0.416 e. The second-order valence-electron chi connectivity index (χ2n) is 4.96. The minimum atomic E-state index is -4.47. The van der Waals surface area contributed by atoms with Crippen molar-refractivity contribution in [1.82, 2.24) is 10.1 Å². The van der Waals surface area contributed by atoms with Gasteiger partial charge in [-0.3, -0.25) is 0 Å². The molecule has 2 rings (SSSR count). The van der Waals surface area contributed by atoms with Crippen molar-refractivity contribution >= 4 is 5.69 Å². The Labute approximate surface area is 113 Å². The minimum absolute atomic E-state index is 0.00145. The summed E-state index contributed by atoms with van der Waals surface area (Å²) < 4.78 is 43.1. The molecular formula is C13H14F3N3O. The lowest BCUT2D eigenvalue weighted by Crippen LogP contribution is -2.06. The summed E-state index contributed by atoms with van der Waals surface area (Å²) in [4.78, 5) is 4.08. The molecule has 0 aliphatic rings. The zero-order chi connectivity index (χ0) is 14.9. The molecule has 0 atom stereocenters. The van der Waals surface area contributed by atoms with Crippen LogP contribution in [0.2, 0.25) is 0 Å². The van der Waals surface area contributed by atoms with Crippen LogP contribution in [0.3, 0.4) is 0 Å². The molecule has 0 amide bonds. The van der Waals surface area contributed by atoms with Gasteiger partial charge in [0.15, 0.2) is 5.82 Å². The van der Waals surface area contributed by atoms with E-state index in [1.54, 1.807) is 0 Å². The Balaban J connectivity index is 2.37. The molecule has 2 aromatic rings. The molecule has 7 heteroatoms. The third-order valence-electron chi connectivity index (χ3n) is 2.59. The van der Waals surface area contributed by atoms with Gasteiger partial charge in [-0.1, -0.05) is 19.0 Å². The van der Waals surface area contributed by atoms with Gasteiger partial charge in [-0.2, -0.15) is 18.2 Å². The smallest absolute Gasteiger partial charge is 0.399 e. The molecule has 0 fully saturated rings. The van der Waals surface area contributed by atoms with Crippen LogP contribution < -0.4 is 5.73 Å². The molecule has 1 aromatic heterocycles. The molecule has 1 heterocycles. The molecule has 0 saturated heterocycles. The first-order chi connectivity index (χ1) is 9.25. The Hall–Kier alpha value is -2.05. The van der Waals surface area contributed by atoms with Gasteiger partial charge in [-0.15, -0.1) is 0 Å². The van der Waals surface area contributed by atoms with Crippen molar-refractivity contribution in [3.8, 4) is 11.5 Å². The van der Waals surface area contributed by atoms with Gasteiger partial charge in [0.25, 0.3) is 5.89 Å². The first-order valence-corrected chi connectivity index (χ1v) is 6.06. The van der Waals surface area contributed by atoms with Crippen LogP contribution in [0, 0.1) is 5.92 Å². The van der Waals surface area contributed by atoms with Crippen molar-refractivity contribution in [2.24, 2.45) is 5.92 Å². The van der Waals surface area contributed by atoms with Crippen LogP contribution in [0.4, 0.5) is 18.9 Å². The number of benzene rings is 1. The van der Waals surface area contributed by atoms with Crippen LogP contribution in [0.5, 0.6) is 0 Å². The number of hydrogen-bond donors (Lipinski definition) is 1. The van der Waals surface area contributed by atoms with E-state index in [0.717, 1.165) is 12.1 Å². The Morgan fingerprint density at radius 3 is 2.55 bits per heavy atom. The number of hydrogen-bond acceptors (Lipinski definition) is 4. The maximum absolute atomic E-state index is 12.7. The van der Waals surface area contributed by atoms with Gasteiger partial charge in [0, 0.05) is 17.7 Å². The van der Waals surface area contributed by atoms with E-state index < -0.39 is 11.7 Å². The third kappa shape index (κ3) is 3.28. The van der Waals surface area contributed by atoms with Crippen molar-refractivity contribution in [2.45, 2.75) is 26.4 Å². The highest BCUT2D eigenvalue weighted by Crippen LogP contribution is 2.33. The van der Waals surface area contributed by atoms with E-state index in [-0.39, 0.29) is 17.1 Å². The number of nitrogens with zero attached hydrogens (tertiary/aromatic N) is 2. The number of alkyl halides is 3. The summed E-state index contributed by atoms with van der Waals surface area (Å²) in [5, 5.41) is 3.75. The predicted molar refractivity (Wildman–Crippen MR) is 67.7 cm³/mol. The van der Waals surface area contributed by atoms with Gasteiger partial charge in [0.2, 0.25) is 0 Å². The molecule has 108 valence electrons. The van der Waals surface area contributed by atoms with E-state index in [1.165, 1.54) is 6.07 Å². The van der Waals surface area contributed by atoms with Crippen molar-refractivity contribution in [2.75, 3.05) is 5.73 Å². The highest BCUT2D eigenvalue weighted by Gasteiger charge is 2.31. The van der Waals surface area contributed by atoms with Crippen LogP contribution in [0.1, 0.15) is 25.2 Å².